The summed E-state index contributed by atoms with van der Waals surface area (Å²) >= 11 is 0. The van der Waals surface area contributed by atoms with Crippen LogP contribution in [0.15, 0.2) is 271 Å². The van der Waals surface area contributed by atoms with Crippen LogP contribution < -0.4 is 0 Å². The zero-order valence-corrected chi connectivity index (χ0v) is 43.0. The van der Waals surface area contributed by atoms with Gasteiger partial charge < -0.3 is 18.1 Å². The molecule has 0 aliphatic heterocycles. The van der Waals surface area contributed by atoms with Crippen LogP contribution in [0.1, 0.15) is 0 Å². The SMILES string of the molecule is c1ccc(-n2c3ccccc3c3c(-c4nc(-c5ccc(-n6c7ccccc7c7cc8ccccc8cc76)cc5-c5ccc6oc7ccccc7c6c5)nc(-c5cccc6c5c5ccccc5n6-c5ccccc5)n4)cccc32)cc1. The minimum absolute atomic E-state index is 0.560. The molecule has 372 valence electrons. The molecule has 17 aromatic rings. The van der Waals surface area contributed by atoms with Crippen molar-refractivity contribution in [3.8, 4) is 62.4 Å². The molecule has 0 fully saturated rings. The average molecular weight is 1020 g/mol. The smallest absolute Gasteiger partial charge is 0.164 e. The van der Waals surface area contributed by atoms with Gasteiger partial charge in [0.1, 0.15) is 11.2 Å². The standard InChI is InChI=1S/C73H44N6O/c1-3-21-48(22-4-1)77-62-32-14-10-27-54(62)69-56(29-17-34-64(69)77)72-74-71(75-73(76-72)57-30-18-35-65-70(57)55-28-11-15-33-63(55)78(65)49-23-5-2-6-24-49)53-39-38-50(44-58(53)47-37-40-68-60(42-47)52-26-12-16-36-67(52)80-68)79-61-31-13-9-25-51(61)59-41-45-19-7-8-20-46(45)43-66(59)79/h1-44H. The molecule has 0 aliphatic carbocycles. The van der Waals surface area contributed by atoms with E-state index in [1.807, 2.05) is 12.1 Å². The van der Waals surface area contributed by atoms with E-state index in [0.717, 1.165) is 121 Å². The first kappa shape index (κ1) is 44.3. The largest absolute Gasteiger partial charge is 0.456 e. The van der Waals surface area contributed by atoms with Crippen molar-refractivity contribution in [3.05, 3.63) is 267 Å². The summed E-state index contributed by atoms with van der Waals surface area (Å²) in [5.41, 5.74) is 16.2. The molecule has 0 N–H and O–H groups in total. The van der Waals surface area contributed by atoms with Crippen molar-refractivity contribution in [2.75, 3.05) is 0 Å². The fourth-order valence-electron chi connectivity index (χ4n) is 12.8. The highest BCUT2D eigenvalue weighted by atomic mass is 16.3. The molecule has 7 nitrogen and oxygen atoms in total. The van der Waals surface area contributed by atoms with Crippen molar-refractivity contribution in [2.45, 2.75) is 0 Å². The molecule has 0 saturated carbocycles. The third kappa shape index (κ3) is 6.64. The highest BCUT2D eigenvalue weighted by Gasteiger charge is 2.25. The number of benzene rings is 12. The maximum Gasteiger partial charge on any atom is 0.164 e. The highest BCUT2D eigenvalue weighted by Crippen LogP contribution is 2.44. The molecule has 0 saturated heterocycles. The van der Waals surface area contributed by atoms with Crippen molar-refractivity contribution in [1.29, 1.82) is 0 Å². The van der Waals surface area contributed by atoms with E-state index >= 15 is 0 Å². The maximum atomic E-state index is 6.45. The third-order valence-corrected chi connectivity index (χ3v) is 16.3. The molecule has 0 bridgehead atoms. The number of hydrogen-bond donors (Lipinski definition) is 0. The molecule has 0 unspecified atom stereocenters. The van der Waals surface area contributed by atoms with Gasteiger partial charge in [0.25, 0.3) is 0 Å². The molecule has 0 amide bonds. The molecular formula is C73H44N6O. The van der Waals surface area contributed by atoms with E-state index in [1.54, 1.807) is 0 Å². The molecule has 0 spiro atoms. The van der Waals surface area contributed by atoms with Crippen LogP contribution in [-0.4, -0.2) is 28.7 Å². The number of aromatic nitrogens is 6. The first-order chi connectivity index (χ1) is 39.7. The lowest BCUT2D eigenvalue weighted by Gasteiger charge is -2.16. The Morgan fingerprint density at radius 1 is 0.250 bits per heavy atom. The fraction of sp³-hybridized carbons (Fsp3) is 0. The molecule has 0 radical (unpaired) electrons. The van der Waals surface area contributed by atoms with Gasteiger partial charge in [0.2, 0.25) is 0 Å². The van der Waals surface area contributed by atoms with E-state index in [9.17, 15) is 0 Å². The summed E-state index contributed by atoms with van der Waals surface area (Å²) in [7, 11) is 0. The molecule has 17 rings (SSSR count). The van der Waals surface area contributed by atoms with Gasteiger partial charge in [0, 0.05) is 76.8 Å². The van der Waals surface area contributed by atoms with Crippen molar-refractivity contribution in [1.82, 2.24) is 28.7 Å². The molecule has 0 atom stereocenters. The lowest BCUT2D eigenvalue weighted by Crippen LogP contribution is -2.03. The van der Waals surface area contributed by atoms with Crippen molar-refractivity contribution in [2.24, 2.45) is 0 Å². The van der Waals surface area contributed by atoms with E-state index in [2.05, 4.69) is 268 Å². The van der Waals surface area contributed by atoms with Crippen LogP contribution in [0.3, 0.4) is 0 Å². The molecule has 12 aromatic carbocycles. The van der Waals surface area contributed by atoms with Gasteiger partial charge in [-0.25, -0.2) is 15.0 Å². The van der Waals surface area contributed by atoms with Crippen LogP contribution in [0.25, 0.3) is 160 Å². The summed E-state index contributed by atoms with van der Waals surface area (Å²) in [5, 5.41) is 11.3. The Hall–Kier alpha value is -10.9. The van der Waals surface area contributed by atoms with Gasteiger partial charge in [-0.3, -0.25) is 0 Å². The van der Waals surface area contributed by atoms with Crippen LogP contribution in [0.2, 0.25) is 0 Å². The summed E-state index contributed by atoms with van der Waals surface area (Å²) in [6, 6.07) is 95.1. The van der Waals surface area contributed by atoms with Crippen LogP contribution in [-0.2, 0) is 0 Å². The lowest BCUT2D eigenvalue weighted by atomic mass is 9.96. The summed E-state index contributed by atoms with van der Waals surface area (Å²) in [6.45, 7) is 0. The minimum atomic E-state index is 0.560. The Bertz CT molecular complexity index is 5200. The number of hydrogen-bond acceptors (Lipinski definition) is 4. The Morgan fingerprint density at radius 2 is 0.725 bits per heavy atom. The van der Waals surface area contributed by atoms with Gasteiger partial charge in [-0.15, -0.1) is 0 Å². The van der Waals surface area contributed by atoms with Crippen molar-refractivity contribution >= 4 is 98.1 Å². The molecule has 80 heavy (non-hydrogen) atoms. The molecule has 5 heterocycles. The zero-order valence-electron chi connectivity index (χ0n) is 43.0. The van der Waals surface area contributed by atoms with E-state index in [1.165, 1.54) is 21.5 Å². The molecule has 5 aromatic heterocycles. The second-order valence-electron chi connectivity index (χ2n) is 20.7. The quantitative estimate of drug-likeness (QED) is 0.160. The van der Waals surface area contributed by atoms with Crippen LogP contribution >= 0.6 is 0 Å². The molecular weight excluding hydrogens is 977 g/mol. The number of fused-ring (bicyclic) bond motifs is 13. The maximum absolute atomic E-state index is 6.45. The van der Waals surface area contributed by atoms with E-state index in [0.29, 0.717) is 17.5 Å². The molecule has 7 heteroatoms. The van der Waals surface area contributed by atoms with Crippen molar-refractivity contribution < 1.29 is 4.42 Å². The van der Waals surface area contributed by atoms with Crippen LogP contribution in [0, 0.1) is 0 Å². The highest BCUT2D eigenvalue weighted by molar-refractivity contribution is 6.18. The second kappa shape index (κ2) is 17.3. The zero-order chi connectivity index (χ0) is 52.4. The third-order valence-electron chi connectivity index (χ3n) is 16.3. The fourth-order valence-corrected chi connectivity index (χ4v) is 12.8. The van der Waals surface area contributed by atoms with Gasteiger partial charge >= 0.3 is 0 Å². The number of rotatable bonds is 7. The summed E-state index contributed by atoms with van der Waals surface area (Å²) < 4.78 is 13.6. The number of para-hydroxylation sites is 6. The van der Waals surface area contributed by atoms with Crippen LogP contribution in [0.4, 0.5) is 0 Å². The topological polar surface area (TPSA) is 66.6 Å². The van der Waals surface area contributed by atoms with E-state index in [4.69, 9.17) is 19.4 Å². The van der Waals surface area contributed by atoms with Gasteiger partial charge in [0.15, 0.2) is 17.5 Å². The Balaban J connectivity index is 0.976. The second-order valence-corrected chi connectivity index (χ2v) is 20.7. The van der Waals surface area contributed by atoms with E-state index in [-0.39, 0.29) is 0 Å². The number of nitrogens with zero attached hydrogens (tertiary/aromatic N) is 6. The summed E-state index contributed by atoms with van der Waals surface area (Å²) in [6.07, 6.45) is 0. The molecule has 0 aliphatic rings. The minimum Gasteiger partial charge on any atom is -0.456 e. The van der Waals surface area contributed by atoms with Crippen molar-refractivity contribution in [3.63, 3.8) is 0 Å². The Morgan fingerprint density at radius 3 is 1.35 bits per heavy atom. The average Bonchev–Trinajstić information content (AvgIpc) is 4.33. The normalized spacial score (nSPS) is 12.0. The summed E-state index contributed by atoms with van der Waals surface area (Å²) in [4.78, 5) is 17.0. The first-order valence-electron chi connectivity index (χ1n) is 27.1. The van der Waals surface area contributed by atoms with Gasteiger partial charge in [0.05, 0.1) is 33.1 Å². The predicted molar refractivity (Wildman–Crippen MR) is 329 cm³/mol. The summed E-state index contributed by atoms with van der Waals surface area (Å²) in [5.74, 6) is 1.72. The monoisotopic (exact) mass is 1020 g/mol. The number of furan rings is 1. The van der Waals surface area contributed by atoms with E-state index < -0.39 is 0 Å². The lowest BCUT2D eigenvalue weighted by molar-refractivity contribution is 0.669. The Labute approximate surface area is 458 Å². The van der Waals surface area contributed by atoms with Crippen LogP contribution in [0.5, 0.6) is 0 Å². The van der Waals surface area contributed by atoms with Gasteiger partial charge in [-0.1, -0.05) is 164 Å². The Kier molecular flexibility index (Phi) is 9.58. The van der Waals surface area contributed by atoms with Gasteiger partial charge in [-0.05, 0) is 125 Å². The van der Waals surface area contributed by atoms with Gasteiger partial charge in [-0.2, -0.15) is 0 Å². The predicted octanol–water partition coefficient (Wildman–Crippen LogP) is 18.9. The first-order valence-corrected chi connectivity index (χ1v) is 27.1.